The van der Waals surface area contributed by atoms with Gasteiger partial charge in [0.25, 0.3) is 0 Å². The quantitative estimate of drug-likeness (QED) is 0.794. The molecule has 0 spiro atoms. The number of hydrogen-bond donors (Lipinski definition) is 1. The van der Waals surface area contributed by atoms with Gasteiger partial charge in [-0.3, -0.25) is 0 Å². The zero-order valence-corrected chi connectivity index (χ0v) is 13.2. The lowest BCUT2D eigenvalue weighted by Gasteiger charge is -2.32. The summed E-state index contributed by atoms with van der Waals surface area (Å²) in [6, 6.07) is 11.4. The average molecular weight is 322 g/mol. The molecule has 1 aliphatic heterocycles. The molecule has 7 nitrogen and oxygen atoms in total. The number of nitrogens with zero attached hydrogens (tertiary/aromatic N) is 5. The number of aromatic nitrogens is 5. The Labute approximate surface area is 139 Å². The molecule has 1 fully saturated rings. The number of nitrogens with one attached hydrogen (secondary N) is 1. The van der Waals surface area contributed by atoms with Gasteiger partial charge in [0.2, 0.25) is 5.95 Å². The molecular formula is C17H18N6O. The zero-order chi connectivity index (χ0) is 16.4. The summed E-state index contributed by atoms with van der Waals surface area (Å²) in [6.45, 7) is 1.67. The summed E-state index contributed by atoms with van der Waals surface area (Å²) in [5, 5.41) is 6.90. The molecule has 0 aliphatic carbocycles. The summed E-state index contributed by atoms with van der Waals surface area (Å²) in [4.78, 5) is 23.1. The minimum atomic E-state index is -0.204. The monoisotopic (exact) mass is 322 g/mol. The molecule has 1 aromatic carbocycles. The van der Waals surface area contributed by atoms with Crippen LogP contribution < -0.4 is 10.6 Å². The van der Waals surface area contributed by atoms with Crippen molar-refractivity contribution in [2.75, 3.05) is 18.0 Å². The lowest BCUT2D eigenvalue weighted by molar-refractivity contribution is 0.480. The molecule has 2 aromatic heterocycles. The Morgan fingerprint density at radius 3 is 2.67 bits per heavy atom. The normalized spacial score (nSPS) is 17.8. The van der Waals surface area contributed by atoms with Crippen molar-refractivity contribution in [2.24, 2.45) is 0 Å². The summed E-state index contributed by atoms with van der Waals surface area (Å²) in [6.07, 6.45) is 5.50. The van der Waals surface area contributed by atoms with Gasteiger partial charge in [-0.05, 0) is 31.0 Å². The summed E-state index contributed by atoms with van der Waals surface area (Å²) in [5.41, 5.74) is 0.628. The Hall–Kier alpha value is -2.96. The van der Waals surface area contributed by atoms with Crippen LogP contribution in [-0.4, -0.2) is 37.8 Å². The maximum absolute atomic E-state index is 12.2. The third-order valence-corrected chi connectivity index (χ3v) is 4.33. The first-order valence-electron chi connectivity index (χ1n) is 8.07. The standard InChI is InChI=1S/C17H18N6O/c24-17-21-20-15(23(17)14-7-2-1-3-8-14)13-6-4-11-22(12-13)16-18-9-5-10-19-16/h1-3,5,7-10,13H,4,6,11-12H2,(H,21,24)/t13-/m1/s1. The summed E-state index contributed by atoms with van der Waals surface area (Å²) in [5.74, 6) is 1.65. The second-order valence-electron chi connectivity index (χ2n) is 5.89. The van der Waals surface area contributed by atoms with Crippen molar-refractivity contribution in [3.8, 4) is 5.69 Å². The lowest BCUT2D eigenvalue weighted by Crippen LogP contribution is -2.36. The first-order valence-corrected chi connectivity index (χ1v) is 8.07. The first kappa shape index (κ1) is 14.6. The van der Waals surface area contributed by atoms with E-state index in [9.17, 15) is 4.79 Å². The van der Waals surface area contributed by atoms with Gasteiger partial charge in [-0.2, -0.15) is 5.10 Å². The maximum atomic E-state index is 12.2. The largest absolute Gasteiger partial charge is 0.347 e. The molecule has 122 valence electrons. The van der Waals surface area contributed by atoms with Crippen molar-refractivity contribution in [3.63, 3.8) is 0 Å². The van der Waals surface area contributed by atoms with Crippen molar-refractivity contribution in [2.45, 2.75) is 18.8 Å². The van der Waals surface area contributed by atoms with Gasteiger partial charge in [-0.1, -0.05) is 18.2 Å². The molecule has 3 heterocycles. The van der Waals surface area contributed by atoms with E-state index in [1.807, 2.05) is 36.4 Å². The van der Waals surface area contributed by atoms with E-state index in [1.165, 1.54) is 0 Å². The summed E-state index contributed by atoms with van der Waals surface area (Å²) in [7, 11) is 0. The Morgan fingerprint density at radius 1 is 1.08 bits per heavy atom. The van der Waals surface area contributed by atoms with E-state index in [4.69, 9.17) is 0 Å². The van der Waals surface area contributed by atoms with Crippen molar-refractivity contribution < 1.29 is 0 Å². The van der Waals surface area contributed by atoms with Crippen LogP contribution in [0.4, 0.5) is 5.95 Å². The van der Waals surface area contributed by atoms with Crippen LogP contribution in [0.2, 0.25) is 0 Å². The average Bonchev–Trinajstić information content (AvgIpc) is 3.05. The van der Waals surface area contributed by atoms with E-state index >= 15 is 0 Å². The molecule has 1 N–H and O–H groups in total. The molecular weight excluding hydrogens is 304 g/mol. The van der Waals surface area contributed by atoms with Gasteiger partial charge in [0.1, 0.15) is 5.82 Å². The highest BCUT2D eigenvalue weighted by molar-refractivity contribution is 5.35. The number of H-pyrrole nitrogens is 1. The number of anilines is 1. The first-order chi connectivity index (χ1) is 11.8. The molecule has 24 heavy (non-hydrogen) atoms. The SMILES string of the molecule is O=c1[nH]nc([C@@H]2CCCN(c3ncccn3)C2)n1-c1ccccc1. The lowest BCUT2D eigenvalue weighted by atomic mass is 9.97. The maximum Gasteiger partial charge on any atom is 0.347 e. The molecule has 0 radical (unpaired) electrons. The zero-order valence-electron chi connectivity index (χ0n) is 13.2. The molecule has 7 heteroatoms. The number of piperidine rings is 1. The van der Waals surface area contributed by atoms with Crippen molar-refractivity contribution >= 4 is 5.95 Å². The number of hydrogen-bond acceptors (Lipinski definition) is 5. The van der Waals surface area contributed by atoms with E-state index in [0.717, 1.165) is 43.4 Å². The Kier molecular flexibility index (Phi) is 3.82. The Bertz CT molecular complexity index is 858. The van der Waals surface area contributed by atoms with Crippen molar-refractivity contribution in [1.29, 1.82) is 0 Å². The van der Waals surface area contributed by atoms with Crippen molar-refractivity contribution in [1.82, 2.24) is 24.7 Å². The third kappa shape index (κ3) is 2.68. The fourth-order valence-corrected chi connectivity index (χ4v) is 3.23. The van der Waals surface area contributed by atoms with Gasteiger partial charge < -0.3 is 4.90 Å². The van der Waals surface area contributed by atoms with Gasteiger partial charge in [-0.15, -0.1) is 0 Å². The highest BCUT2D eigenvalue weighted by atomic mass is 16.1. The molecule has 0 unspecified atom stereocenters. The topological polar surface area (TPSA) is 79.7 Å². The second-order valence-corrected chi connectivity index (χ2v) is 5.89. The molecule has 0 amide bonds. The van der Waals surface area contributed by atoms with Gasteiger partial charge in [0.05, 0.1) is 5.69 Å². The number of para-hydroxylation sites is 1. The van der Waals surface area contributed by atoms with Gasteiger partial charge >= 0.3 is 5.69 Å². The number of aromatic amines is 1. The van der Waals surface area contributed by atoms with Crippen LogP contribution in [0, 0.1) is 0 Å². The predicted octanol–water partition coefficient (Wildman–Crippen LogP) is 1.73. The smallest absolute Gasteiger partial charge is 0.340 e. The van der Waals surface area contributed by atoms with Gasteiger partial charge in [-0.25, -0.2) is 24.4 Å². The molecule has 4 rings (SSSR count). The fraction of sp³-hybridized carbons (Fsp3) is 0.294. The third-order valence-electron chi connectivity index (χ3n) is 4.33. The van der Waals surface area contributed by atoms with E-state index in [2.05, 4.69) is 25.1 Å². The summed E-state index contributed by atoms with van der Waals surface area (Å²) >= 11 is 0. The summed E-state index contributed by atoms with van der Waals surface area (Å²) < 4.78 is 1.67. The van der Waals surface area contributed by atoms with Crippen LogP contribution >= 0.6 is 0 Å². The van der Waals surface area contributed by atoms with Crippen LogP contribution in [0.3, 0.4) is 0 Å². The fourth-order valence-electron chi connectivity index (χ4n) is 3.23. The highest BCUT2D eigenvalue weighted by Gasteiger charge is 2.27. The Balaban J connectivity index is 1.66. The second kappa shape index (κ2) is 6.27. The van der Waals surface area contributed by atoms with E-state index in [0.29, 0.717) is 0 Å². The van der Waals surface area contributed by atoms with Crippen LogP contribution in [0.1, 0.15) is 24.6 Å². The van der Waals surface area contributed by atoms with Gasteiger partial charge in [0, 0.05) is 31.4 Å². The van der Waals surface area contributed by atoms with E-state index in [1.54, 1.807) is 17.0 Å². The Morgan fingerprint density at radius 2 is 1.88 bits per heavy atom. The minimum absolute atomic E-state index is 0.154. The number of benzene rings is 1. The molecule has 1 saturated heterocycles. The predicted molar refractivity (Wildman–Crippen MR) is 90.4 cm³/mol. The highest BCUT2D eigenvalue weighted by Crippen LogP contribution is 2.27. The van der Waals surface area contributed by atoms with E-state index < -0.39 is 0 Å². The molecule has 3 aromatic rings. The molecule has 1 aliphatic rings. The number of rotatable bonds is 3. The molecule has 1 atom stereocenters. The molecule has 0 saturated carbocycles. The van der Waals surface area contributed by atoms with Crippen molar-refractivity contribution in [3.05, 3.63) is 65.1 Å². The van der Waals surface area contributed by atoms with Crippen LogP contribution in [0.5, 0.6) is 0 Å². The van der Waals surface area contributed by atoms with Gasteiger partial charge in [0.15, 0.2) is 0 Å². The van der Waals surface area contributed by atoms with E-state index in [-0.39, 0.29) is 11.6 Å². The van der Waals surface area contributed by atoms with Crippen LogP contribution in [-0.2, 0) is 0 Å². The van der Waals surface area contributed by atoms with Crippen LogP contribution in [0.15, 0.2) is 53.6 Å². The minimum Gasteiger partial charge on any atom is -0.340 e. The van der Waals surface area contributed by atoms with Crippen LogP contribution in [0.25, 0.3) is 5.69 Å². The molecule has 0 bridgehead atoms.